The lowest BCUT2D eigenvalue weighted by molar-refractivity contribution is 0.102. The molecule has 0 aliphatic carbocycles. The molecule has 2 aromatic carbocycles. The standard InChI is InChI=1S/C21H22N4O3/c1-4-14-5-7-15(8-6-14)22-20-12-10-17(24-25-20)21(26)23-16-9-11-18(27-2)19(13-16)28-3/h5-13H,4H2,1-3H3,(H,22,25)(H,23,26). The van der Waals surface area contributed by atoms with E-state index in [0.717, 1.165) is 12.1 Å². The van der Waals surface area contributed by atoms with E-state index in [9.17, 15) is 4.79 Å². The lowest BCUT2D eigenvalue weighted by Crippen LogP contribution is -2.14. The second-order valence-corrected chi connectivity index (χ2v) is 6.00. The van der Waals surface area contributed by atoms with Gasteiger partial charge in [-0.3, -0.25) is 4.79 Å². The Bertz CT molecular complexity index is 941. The first kappa shape index (κ1) is 19.2. The highest BCUT2D eigenvalue weighted by Crippen LogP contribution is 2.29. The summed E-state index contributed by atoms with van der Waals surface area (Å²) in [6, 6.07) is 16.5. The third-order valence-electron chi connectivity index (χ3n) is 4.17. The molecule has 0 saturated heterocycles. The minimum absolute atomic E-state index is 0.210. The fraction of sp³-hybridized carbons (Fsp3) is 0.190. The number of hydrogen-bond donors (Lipinski definition) is 2. The fourth-order valence-corrected chi connectivity index (χ4v) is 2.60. The molecule has 7 nitrogen and oxygen atoms in total. The largest absolute Gasteiger partial charge is 0.493 e. The lowest BCUT2D eigenvalue weighted by atomic mass is 10.1. The molecule has 1 amide bonds. The van der Waals surface area contributed by atoms with E-state index in [0.29, 0.717) is 23.0 Å². The van der Waals surface area contributed by atoms with Crippen LogP contribution >= 0.6 is 0 Å². The molecule has 0 unspecified atom stereocenters. The van der Waals surface area contributed by atoms with Crippen LogP contribution in [0.3, 0.4) is 0 Å². The third kappa shape index (κ3) is 4.56. The first-order valence-corrected chi connectivity index (χ1v) is 8.86. The number of carbonyl (C=O) groups excluding carboxylic acids is 1. The molecule has 3 aromatic rings. The summed E-state index contributed by atoms with van der Waals surface area (Å²) in [5.41, 5.74) is 2.96. The van der Waals surface area contributed by atoms with Crippen LogP contribution in [0.5, 0.6) is 11.5 Å². The molecule has 3 rings (SSSR count). The van der Waals surface area contributed by atoms with Crippen molar-refractivity contribution in [3.8, 4) is 11.5 Å². The van der Waals surface area contributed by atoms with E-state index in [1.54, 1.807) is 37.4 Å². The van der Waals surface area contributed by atoms with Crippen LogP contribution < -0.4 is 20.1 Å². The summed E-state index contributed by atoms with van der Waals surface area (Å²) >= 11 is 0. The van der Waals surface area contributed by atoms with Gasteiger partial charge in [-0.1, -0.05) is 19.1 Å². The minimum Gasteiger partial charge on any atom is -0.493 e. The first-order chi connectivity index (χ1) is 13.6. The number of nitrogens with zero attached hydrogens (tertiary/aromatic N) is 2. The number of hydrogen-bond acceptors (Lipinski definition) is 6. The van der Waals surface area contributed by atoms with Crippen molar-refractivity contribution in [2.45, 2.75) is 13.3 Å². The Morgan fingerprint density at radius 3 is 2.21 bits per heavy atom. The Labute approximate surface area is 163 Å². The molecule has 0 bridgehead atoms. The maximum absolute atomic E-state index is 12.4. The maximum atomic E-state index is 12.4. The number of benzene rings is 2. The van der Waals surface area contributed by atoms with E-state index in [1.807, 2.05) is 12.1 Å². The average Bonchev–Trinajstić information content (AvgIpc) is 2.74. The van der Waals surface area contributed by atoms with Gasteiger partial charge >= 0.3 is 0 Å². The molecule has 1 aromatic heterocycles. The van der Waals surface area contributed by atoms with Gasteiger partial charge in [-0.05, 0) is 48.4 Å². The van der Waals surface area contributed by atoms with Gasteiger partial charge in [-0.2, -0.15) is 0 Å². The van der Waals surface area contributed by atoms with Crippen molar-refractivity contribution in [1.29, 1.82) is 0 Å². The normalized spacial score (nSPS) is 10.2. The number of aromatic nitrogens is 2. The van der Waals surface area contributed by atoms with Gasteiger partial charge in [0.1, 0.15) is 0 Å². The van der Waals surface area contributed by atoms with Gasteiger partial charge in [0.15, 0.2) is 23.0 Å². The number of anilines is 3. The highest BCUT2D eigenvalue weighted by Gasteiger charge is 2.11. The summed E-state index contributed by atoms with van der Waals surface area (Å²) in [4.78, 5) is 12.4. The van der Waals surface area contributed by atoms with Gasteiger partial charge in [0, 0.05) is 17.4 Å². The topological polar surface area (TPSA) is 85.4 Å². The number of nitrogens with one attached hydrogen (secondary N) is 2. The SMILES string of the molecule is CCc1ccc(Nc2ccc(C(=O)Nc3ccc(OC)c(OC)c3)nn2)cc1. The van der Waals surface area contributed by atoms with Crippen LogP contribution in [-0.2, 0) is 6.42 Å². The van der Waals surface area contributed by atoms with Crippen LogP contribution in [0, 0.1) is 0 Å². The monoisotopic (exact) mass is 378 g/mol. The minimum atomic E-state index is -0.362. The number of carbonyl (C=O) groups is 1. The van der Waals surface area contributed by atoms with Crippen molar-refractivity contribution in [2.75, 3.05) is 24.9 Å². The number of amides is 1. The van der Waals surface area contributed by atoms with Crippen molar-refractivity contribution in [2.24, 2.45) is 0 Å². The smallest absolute Gasteiger partial charge is 0.276 e. The second kappa shape index (κ2) is 8.85. The van der Waals surface area contributed by atoms with Crippen LogP contribution in [0.15, 0.2) is 54.6 Å². The molecular weight excluding hydrogens is 356 g/mol. The Kier molecular flexibility index (Phi) is 6.06. The number of aryl methyl sites for hydroxylation is 1. The average molecular weight is 378 g/mol. The van der Waals surface area contributed by atoms with Crippen molar-refractivity contribution < 1.29 is 14.3 Å². The van der Waals surface area contributed by atoms with Crippen molar-refractivity contribution in [3.63, 3.8) is 0 Å². The predicted octanol–water partition coefficient (Wildman–Crippen LogP) is 4.05. The molecule has 0 fully saturated rings. The van der Waals surface area contributed by atoms with Crippen molar-refractivity contribution >= 4 is 23.1 Å². The van der Waals surface area contributed by atoms with E-state index in [4.69, 9.17) is 9.47 Å². The second-order valence-electron chi connectivity index (χ2n) is 6.00. The molecule has 0 spiro atoms. The van der Waals surface area contributed by atoms with Crippen molar-refractivity contribution in [3.05, 3.63) is 65.9 Å². The first-order valence-electron chi connectivity index (χ1n) is 8.86. The number of methoxy groups -OCH3 is 2. The lowest BCUT2D eigenvalue weighted by Gasteiger charge is -2.10. The van der Waals surface area contributed by atoms with E-state index in [-0.39, 0.29) is 11.6 Å². The zero-order valence-electron chi connectivity index (χ0n) is 16.0. The third-order valence-corrected chi connectivity index (χ3v) is 4.17. The zero-order chi connectivity index (χ0) is 19.9. The van der Waals surface area contributed by atoms with E-state index in [2.05, 4.69) is 39.9 Å². The quantitative estimate of drug-likeness (QED) is 0.645. The van der Waals surface area contributed by atoms with Crippen LogP contribution in [0.2, 0.25) is 0 Å². The highest BCUT2D eigenvalue weighted by atomic mass is 16.5. The number of ether oxygens (including phenoxy) is 2. The molecule has 2 N–H and O–H groups in total. The van der Waals surface area contributed by atoms with E-state index >= 15 is 0 Å². The molecule has 0 radical (unpaired) electrons. The van der Waals surface area contributed by atoms with E-state index in [1.165, 1.54) is 12.7 Å². The molecule has 144 valence electrons. The molecule has 0 saturated carbocycles. The van der Waals surface area contributed by atoms with Gasteiger partial charge in [0.25, 0.3) is 5.91 Å². The maximum Gasteiger partial charge on any atom is 0.276 e. The molecule has 0 aliphatic rings. The van der Waals surface area contributed by atoms with Crippen LogP contribution in [0.25, 0.3) is 0 Å². The summed E-state index contributed by atoms with van der Waals surface area (Å²) in [5.74, 6) is 1.31. The van der Waals surface area contributed by atoms with Gasteiger partial charge in [0.2, 0.25) is 0 Å². The molecule has 0 aliphatic heterocycles. The predicted molar refractivity (Wildman–Crippen MR) is 109 cm³/mol. The van der Waals surface area contributed by atoms with Gasteiger partial charge in [0.05, 0.1) is 14.2 Å². The summed E-state index contributed by atoms with van der Waals surface area (Å²) in [5, 5.41) is 14.0. The Hall–Kier alpha value is -3.61. The summed E-state index contributed by atoms with van der Waals surface area (Å²) in [7, 11) is 3.09. The van der Waals surface area contributed by atoms with Crippen molar-refractivity contribution in [1.82, 2.24) is 10.2 Å². The van der Waals surface area contributed by atoms with Crippen LogP contribution in [0.1, 0.15) is 23.0 Å². The Morgan fingerprint density at radius 2 is 1.61 bits per heavy atom. The Morgan fingerprint density at radius 1 is 0.893 bits per heavy atom. The summed E-state index contributed by atoms with van der Waals surface area (Å²) < 4.78 is 10.4. The van der Waals surface area contributed by atoms with E-state index < -0.39 is 0 Å². The molecular formula is C21H22N4O3. The summed E-state index contributed by atoms with van der Waals surface area (Å²) in [6.45, 7) is 2.11. The molecule has 0 atom stereocenters. The van der Waals surface area contributed by atoms with Crippen LogP contribution in [0.4, 0.5) is 17.2 Å². The number of rotatable bonds is 7. The van der Waals surface area contributed by atoms with Gasteiger partial charge in [-0.25, -0.2) is 0 Å². The molecule has 7 heteroatoms. The van der Waals surface area contributed by atoms with Gasteiger partial charge < -0.3 is 20.1 Å². The van der Waals surface area contributed by atoms with Crippen LogP contribution in [-0.4, -0.2) is 30.3 Å². The highest BCUT2D eigenvalue weighted by molar-refractivity contribution is 6.03. The molecule has 1 heterocycles. The van der Waals surface area contributed by atoms with Gasteiger partial charge in [-0.15, -0.1) is 10.2 Å². The zero-order valence-corrected chi connectivity index (χ0v) is 16.0. The summed E-state index contributed by atoms with van der Waals surface area (Å²) in [6.07, 6.45) is 0.990. The Balaban J connectivity index is 1.66. The molecule has 28 heavy (non-hydrogen) atoms. The fourth-order valence-electron chi connectivity index (χ4n) is 2.60.